The van der Waals surface area contributed by atoms with Gasteiger partial charge in [0.1, 0.15) is 11.6 Å². The third kappa shape index (κ3) is 10.3. The van der Waals surface area contributed by atoms with Crippen LogP contribution in [0.2, 0.25) is 5.02 Å². The Bertz CT molecular complexity index is 2440. The number of hydrogen-bond acceptors (Lipinski definition) is 12. The first kappa shape index (κ1) is 39.8. The first-order valence-corrected chi connectivity index (χ1v) is 17.5. The van der Waals surface area contributed by atoms with Crippen LogP contribution in [0.25, 0.3) is 0 Å². The number of aliphatic imine (C=N–C) groups is 2. The minimum Gasteiger partial charge on any atom is -0.306 e. The zero-order valence-electron chi connectivity index (χ0n) is 30.1. The second-order valence-corrected chi connectivity index (χ2v) is 13.2. The maximum absolute atomic E-state index is 15.0. The molecule has 0 spiro atoms. The minimum absolute atomic E-state index is 0.0216. The molecule has 2 amide bonds. The number of hydrogen-bond donors (Lipinski definition) is 6. The SMILES string of the molecule is Cc1ccc(C(=O)Nc2nonc2C(=Nc2ccc(F)c(CC(C)Cc3ccc(CC(=O)Nc4nonc4C(=Nc4ccc(F)c(Cl)c4)NO)cc3)c2)NO)cc1. The Kier molecular flexibility index (Phi) is 12.7. The number of hydroxylamine groups is 2. The zero-order chi connectivity index (χ0) is 40.5. The molecule has 0 radical (unpaired) electrons. The molecule has 2 aromatic heterocycles. The molecular formula is C38H33ClF2N10O6. The van der Waals surface area contributed by atoms with Gasteiger partial charge in [-0.15, -0.1) is 0 Å². The van der Waals surface area contributed by atoms with Gasteiger partial charge >= 0.3 is 0 Å². The van der Waals surface area contributed by atoms with Crippen LogP contribution in [-0.2, 0) is 24.1 Å². The predicted molar refractivity (Wildman–Crippen MR) is 203 cm³/mol. The smallest absolute Gasteiger partial charge is 0.256 e. The first-order valence-electron chi connectivity index (χ1n) is 17.1. The number of nitrogens with one attached hydrogen (secondary N) is 4. The number of amidine groups is 2. The molecule has 57 heavy (non-hydrogen) atoms. The van der Waals surface area contributed by atoms with Crippen LogP contribution in [0.4, 0.5) is 31.8 Å². The third-order valence-electron chi connectivity index (χ3n) is 8.40. The van der Waals surface area contributed by atoms with Gasteiger partial charge in [-0.05, 0) is 112 Å². The van der Waals surface area contributed by atoms with E-state index in [9.17, 15) is 28.8 Å². The lowest BCUT2D eigenvalue weighted by atomic mass is 9.93. The highest BCUT2D eigenvalue weighted by Crippen LogP contribution is 2.25. The molecule has 2 heterocycles. The van der Waals surface area contributed by atoms with Crippen LogP contribution < -0.4 is 21.6 Å². The standard InChI is InChI=1S/C38H33ClF2N10O6/c1-20-3-9-24(10-4-20)38(53)45-37-33(49-57-51-37)35(47-55)42-26-11-13-29(40)25(18-26)16-21(2)15-22-5-7-23(8-6-22)17-31(52)44-36-32(48-56-50-36)34(46-54)43-27-12-14-30(41)28(39)19-27/h3-14,18-19,21,54-55H,15-17H2,1-2H3,(H,42,47)(H,43,46)(H,44,50,52)(H,45,51,53). The van der Waals surface area contributed by atoms with Crippen LogP contribution >= 0.6 is 11.6 Å². The summed E-state index contributed by atoms with van der Waals surface area (Å²) in [5, 5.41) is 39.4. The van der Waals surface area contributed by atoms with Gasteiger partial charge in [0, 0.05) is 5.56 Å². The number of amides is 2. The molecule has 6 aromatic rings. The van der Waals surface area contributed by atoms with Crippen molar-refractivity contribution in [3.63, 3.8) is 0 Å². The van der Waals surface area contributed by atoms with Crippen molar-refractivity contribution >= 4 is 58.1 Å². The molecule has 0 fully saturated rings. The molecule has 4 aromatic carbocycles. The fourth-order valence-corrected chi connectivity index (χ4v) is 5.78. The summed E-state index contributed by atoms with van der Waals surface area (Å²) in [5.74, 6) is -2.68. The van der Waals surface area contributed by atoms with Crippen LogP contribution in [0.1, 0.15) is 50.9 Å². The highest BCUT2D eigenvalue weighted by atomic mass is 35.5. The lowest BCUT2D eigenvalue weighted by molar-refractivity contribution is -0.115. The largest absolute Gasteiger partial charge is 0.306 e. The van der Waals surface area contributed by atoms with Crippen LogP contribution in [-0.4, -0.2) is 54.5 Å². The number of carbonyl (C=O) groups excluding carboxylic acids is 2. The fraction of sp³-hybridized carbons (Fsp3) is 0.158. The molecule has 16 nitrogen and oxygen atoms in total. The highest BCUT2D eigenvalue weighted by Gasteiger charge is 2.21. The fourth-order valence-electron chi connectivity index (χ4n) is 5.60. The summed E-state index contributed by atoms with van der Waals surface area (Å²) in [6.07, 6.45) is 0.894. The molecule has 0 bridgehead atoms. The summed E-state index contributed by atoms with van der Waals surface area (Å²) < 4.78 is 38.1. The Hall–Kier alpha value is -6.89. The normalized spacial score (nSPS) is 12.3. The van der Waals surface area contributed by atoms with E-state index in [2.05, 4.69) is 41.2 Å². The summed E-state index contributed by atoms with van der Waals surface area (Å²) in [7, 11) is 0. The lowest BCUT2D eigenvalue weighted by Gasteiger charge is -2.13. The number of rotatable bonds is 13. The Labute approximate surface area is 327 Å². The van der Waals surface area contributed by atoms with E-state index < -0.39 is 23.4 Å². The second kappa shape index (κ2) is 18.2. The number of nitrogens with zero attached hydrogens (tertiary/aromatic N) is 6. The van der Waals surface area contributed by atoms with E-state index in [1.54, 1.807) is 42.5 Å². The van der Waals surface area contributed by atoms with Crippen molar-refractivity contribution in [1.82, 2.24) is 31.6 Å². The van der Waals surface area contributed by atoms with E-state index in [1.165, 1.54) is 24.3 Å². The highest BCUT2D eigenvalue weighted by molar-refractivity contribution is 6.31. The molecule has 6 N–H and O–H groups in total. The summed E-state index contributed by atoms with van der Waals surface area (Å²) >= 11 is 5.81. The number of halogens is 3. The van der Waals surface area contributed by atoms with Crippen molar-refractivity contribution < 1.29 is 38.0 Å². The van der Waals surface area contributed by atoms with E-state index in [-0.39, 0.29) is 57.7 Å². The van der Waals surface area contributed by atoms with Gasteiger partial charge in [0.2, 0.25) is 17.5 Å². The number of aryl methyl sites for hydroxylation is 1. The van der Waals surface area contributed by atoms with Crippen LogP contribution in [0.3, 0.4) is 0 Å². The average Bonchev–Trinajstić information content (AvgIpc) is 3.86. The first-order chi connectivity index (χ1) is 27.5. The van der Waals surface area contributed by atoms with Gasteiger partial charge in [-0.25, -0.2) is 28.0 Å². The van der Waals surface area contributed by atoms with Crippen molar-refractivity contribution in [2.75, 3.05) is 10.6 Å². The maximum Gasteiger partial charge on any atom is 0.256 e. The lowest BCUT2D eigenvalue weighted by Crippen LogP contribution is -2.23. The Morgan fingerprint density at radius 3 is 1.89 bits per heavy atom. The molecule has 6 rings (SSSR count). The number of aromatic nitrogens is 4. The molecule has 0 aliphatic rings. The summed E-state index contributed by atoms with van der Waals surface area (Å²) in [5.41, 5.74) is 7.46. The number of benzene rings is 4. The number of anilines is 2. The Balaban J connectivity index is 1.06. The molecule has 1 unspecified atom stereocenters. The maximum atomic E-state index is 15.0. The van der Waals surface area contributed by atoms with Crippen molar-refractivity contribution in [2.24, 2.45) is 15.9 Å². The minimum atomic E-state index is -0.647. The number of carbonyl (C=O) groups is 2. The van der Waals surface area contributed by atoms with Gasteiger partial charge < -0.3 is 10.6 Å². The average molecular weight is 799 g/mol. The van der Waals surface area contributed by atoms with E-state index in [0.717, 1.165) is 17.2 Å². The van der Waals surface area contributed by atoms with Crippen LogP contribution in [0.5, 0.6) is 0 Å². The van der Waals surface area contributed by atoms with Crippen LogP contribution in [0.15, 0.2) is 104 Å². The van der Waals surface area contributed by atoms with E-state index >= 15 is 0 Å². The van der Waals surface area contributed by atoms with Crippen molar-refractivity contribution in [3.8, 4) is 0 Å². The molecular weight excluding hydrogens is 766 g/mol. The molecule has 0 saturated heterocycles. The molecule has 0 aliphatic carbocycles. The Morgan fingerprint density at radius 1 is 0.737 bits per heavy atom. The van der Waals surface area contributed by atoms with Crippen molar-refractivity contribution in [1.29, 1.82) is 0 Å². The van der Waals surface area contributed by atoms with Gasteiger partial charge in [0.25, 0.3) is 5.91 Å². The quantitative estimate of drug-likeness (QED) is 0.0410. The molecule has 0 saturated carbocycles. The van der Waals surface area contributed by atoms with Crippen molar-refractivity contribution in [3.05, 3.63) is 141 Å². The summed E-state index contributed by atoms with van der Waals surface area (Å²) in [4.78, 5) is 34.1. The van der Waals surface area contributed by atoms with Gasteiger partial charge in [-0.3, -0.25) is 31.0 Å². The molecule has 292 valence electrons. The molecule has 1 atom stereocenters. The molecule has 0 aliphatic heterocycles. The molecule has 19 heteroatoms. The third-order valence-corrected chi connectivity index (χ3v) is 8.69. The van der Waals surface area contributed by atoms with E-state index in [1.807, 2.05) is 36.9 Å². The second-order valence-electron chi connectivity index (χ2n) is 12.8. The van der Waals surface area contributed by atoms with Gasteiger partial charge in [0.05, 0.1) is 22.8 Å². The summed E-state index contributed by atoms with van der Waals surface area (Å²) in [6, 6.07) is 22.1. The predicted octanol–water partition coefficient (Wildman–Crippen LogP) is 6.66. The van der Waals surface area contributed by atoms with Gasteiger partial charge in [0.15, 0.2) is 23.1 Å². The zero-order valence-corrected chi connectivity index (χ0v) is 30.9. The van der Waals surface area contributed by atoms with E-state index in [0.29, 0.717) is 35.2 Å². The Morgan fingerprint density at radius 2 is 1.30 bits per heavy atom. The van der Waals surface area contributed by atoms with Gasteiger partial charge in [-0.2, -0.15) is 0 Å². The monoisotopic (exact) mass is 798 g/mol. The van der Waals surface area contributed by atoms with Crippen molar-refractivity contribution in [2.45, 2.75) is 33.1 Å². The topological polar surface area (TPSA) is 225 Å². The summed E-state index contributed by atoms with van der Waals surface area (Å²) in [6.45, 7) is 3.86. The van der Waals surface area contributed by atoms with Gasteiger partial charge in [-0.1, -0.05) is 60.5 Å². The van der Waals surface area contributed by atoms with E-state index in [4.69, 9.17) is 20.9 Å². The van der Waals surface area contributed by atoms with Crippen LogP contribution in [0, 0.1) is 24.5 Å².